The number of carbonyl (C=O) groups is 1. The largest absolute Gasteiger partial charge is 0.463 e. The minimum absolute atomic E-state index is 0.0565. The number of aliphatic hydroxyl groups is 6. The summed E-state index contributed by atoms with van der Waals surface area (Å²) >= 11 is 0. The maximum absolute atomic E-state index is 11.3. The maximum atomic E-state index is 11.3. The second-order valence-electron chi connectivity index (χ2n) is 19.1. The van der Waals surface area contributed by atoms with Gasteiger partial charge in [0.15, 0.2) is 12.6 Å². The Bertz CT molecular complexity index is 1440. The smallest absolute Gasteiger partial charge is 0.302 e. The molecule has 4 aliphatic heterocycles. The van der Waals surface area contributed by atoms with Crippen molar-refractivity contribution in [3.63, 3.8) is 0 Å². The molecule has 0 radical (unpaired) electrons. The maximum Gasteiger partial charge on any atom is 0.302 e. The number of carbonyl (C=O) groups excluding carboxylic acids is 1. The van der Waals surface area contributed by atoms with Crippen LogP contribution in [0.5, 0.6) is 0 Å². The molecule has 0 unspecified atom stereocenters. The van der Waals surface area contributed by atoms with Crippen LogP contribution in [0.1, 0.15) is 92.4 Å². The zero-order chi connectivity index (χ0) is 39.2. The van der Waals surface area contributed by atoms with Gasteiger partial charge in [-0.3, -0.25) is 10.1 Å². The van der Waals surface area contributed by atoms with Gasteiger partial charge in [0.1, 0.15) is 61.2 Å². The molecule has 7 fully saturated rings. The molecule has 4 aliphatic carbocycles. The van der Waals surface area contributed by atoms with E-state index in [1.54, 1.807) is 0 Å². The number of nitrogens with one attached hydrogen (secondary N) is 1. The van der Waals surface area contributed by atoms with Crippen LogP contribution in [-0.4, -0.2) is 136 Å². The quantitative estimate of drug-likeness (QED) is 0.145. The molecule has 0 aromatic carbocycles. The molecule has 14 heteroatoms. The molecule has 3 saturated carbocycles. The molecule has 55 heavy (non-hydrogen) atoms. The van der Waals surface area contributed by atoms with E-state index < -0.39 is 80.6 Å². The summed E-state index contributed by atoms with van der Waals surface area (Å²) in [5, 5.41) is 68.0. The van der Waals surface area contributed by atoms with Crippen LogP contribution in [0, 0.1) is 46.3 Å². The van der Waals surface area contributed by atoms with Crippen molar-refractivity contribution >= 4 is 5.97 Å². The van der Waals surface area contributed by atoms with Crippen molar-refractivity contribution in [1.82, 2.24) is 5.32 Å². The summed E-state index contributed by atoms with van der Waals surface area (Å²) in [5.41, 5.74) is 1.57. The molecule has 0 aromatic heterocycles. The number of ether oxygens (including phenoxy) is 6. The van der Waals surface area contributed by atoms with Gasteiger partial charge in [-0.25, -0.2) is 0 Å². The molecule has 14 nitrogen and oxygen atoms in total. The fraction of sp³-hybridized carbons (Fsp3) is 0.927. The third-order valence-electron chi connectivity index (χ3n) is 16.1. The number of allylic oxidation sites excluding steroid dienone is 1. The fourth-order valence-corrected chi connectivity index (χ4v) is 13.0. The first-order valence-corrected chi connectivity index (χ1v) is 21.0. The highest BCUT2D eigenvalue weighted by Crippen LogP contribution is 2.70. The van der Waals surface area contributed by atoms with Crippen LogP contribution in [0.3, 0.4) is 0 Å². The number of hydrogen-bond acceptors (Lipinski definition) is 14. The van der Waals surface area contributed by atoms with Crippen molar-refractivity contribution in [3.05, 3.63) is 11.6 Å². The average Bonchev–Trinajstić information content (AvgIpc) is 3.61. The highest BCUT2D eigenvalue weighted by Gasteiger charge is 2.68. The molecule has 21 atom stereocenters. The Kier molecular flexibility index (Phi) is 11.1. The number of hydrogen-bond donors (Lipinski definition) is 7. The van der Waals surface area contributed by atoms with Crippen molar-refractivity contribution in [1.29, 1.82) is 0 Å². The highest BCUT2D eigenvalue weighted by atomic mass is 16.7. The Morgan fingerprint density at radius 3 is 2.33 bits per heavy atom. The first kappa shape index (κ1) is 40.5. The van der Waals surface area contributed by atoms with Crippen molar-refractivity contribution in [2.24, 2.45) is 46.3 Å². The fourth-order valence-electron chi connectivity index (χ4n) is 13.0. The molecular formula is C41H65NO13. The summed E-state index contributed by atoms with van der Waals surface area (Å²) in [6.45, 7) is 11.0. The number of fused-ring (bicyclic) bond motifs is 7. The van der Waals surface area contributed by atoms with Gasteiger partial charge in [-0.15, -0.1) is 0 Å². The molecule has 1 spiro atoms. The molecule has 8 rings (SSSR count). The van der Waals surface area contributed by atoms with Gasteiger partial charge in [-0.05, 0) is 98.2 Å². The van der Waals surface area contributed by atoms with E-state index in [1.165, 1.54) is 31.8 Å². The summed E-state index contributed by atoms with van der Waals surface area (Å²) < 4.78 is 35.8. The topological polar surface area (TPSA) is 206 Å². The normalized spacial score (nSPS) is 54.9. The van der Waals surface area contributed by atoms with E-state index in [2.05, 4.69) is 39.1 Å². The van der Waals surface area contributed by atoms with Crippen molar-refractivity contribution in [3.8, 4) is 0 Å². The van der Waals surface area contributed by atoms with Gasteiger partial charge in [0.25, 0.3) is 0 Å². The lowest BCUT2D eigenvalue weighted by Crippen LogP contribution is -2.65. The molecule has 4 heterocycles. The Morgan fingerprint density at radius 2 is 1.62 bits per heavy atom. The molecular weight excluding hydrogens is 714 g/mol. The van der Waals surface area contributed by atoms with Gasteiger partial charge < -0.3 is 59.1 Å². The molecule has 312 valence electrons. The van der Waals surface area contributed by atoms with Gasteiger partial charge in [-0.2, -0.15) is 0 Å². The second kappa shape index (κ2) is 15.1. The Morgan fingerprint density at radius 1 is 0.891 bits per heavy atom. The summed E-state index contributed by atoms with van der Waals surface area (Å²) in [7, 11) is 0. The predicted octanol–water partition coefficient (Wildman–Crippen LogP) is 1.51. The molecule has 7 N–H and O–H groups in total. The summed E-state index contributed by atoms with van der Waals surface area (Å²) in [5.74, 6) is 2.98. The van der Waals surface area contributed by atoms with Gasteiger partial charge in [-0.1, -0.05) is 39.3 Å². The van der Waals surface area contributed by atoms with Gasteiger partial charge in [0.2, 0.25) is 0 Å². The Hall–Kier alpha value is -1.27. The zero-order valence-electron chi connectivity index (χ0n) is 33.0. The lowest BCUT2D eigenvalue weighted by Gasteiger charge is -2.59. The van der Waals surface area contributed by atoms with Crippen LogP contribution in [0.4, 0.5) is 0 Å². The van der Waals surface area contributed by atoms with E-state index in [4.69, 9.17) is 28.4 Å². The Balaban J connectivity index is 0.902. The number of aliphatic hydroxyl groups excluding tert-OH is 6. The van der Waals surface area contributed by atoms with Gasteiger partial charge in [0, 0.05) is 19.4 Å². The standard InChI is InChI=1S/C41H65NO13/c1-19-8-13-41(42-16-19)20(2)30-27(55-41)15-26-24-7-6-22-14-23(9-11-39(22,4)25(24)10-12-40(26,30)5)51-37-35(49)33(47)36(28(17-43)52-37)54-38-34(48)32(46)31(45)29(53-38)18-50-21(3)44/h6,19-20,23-38,42-43,45-49H,7-18H2,1-5H3/t19-,20+,23+,24-,25+,26+,27+,28-,29-,30+,31-,32+,33-,34-,35-,36-,37-,38+,39+,40+,41-/m1/s1. The molecule has 4 saturated heterocycles. The van der Waals surface area contributed by atoms with E-state index >= 15 is 0 Å². The molecule has 0 amide bonds. The molecule has 0 bridgehead atoms. The second-order valence-corrected chi connectivity index (χ2v) is 19.1. The number of piperidine rings is 1. The van der Waals surface area contributed by atoms with Crippen LogP contribution in [0.25, 0.3) is 0 Å². The van der Waals surface area contributed by atoms with Crippen LogP contribution < -0.4 is 5.32 Å². The minimum Gasteiger partial charge on any atom is -0.463 e. The third kappa shape index (κ3) is 6.76. The van der Waals surface area contributed by atoms with Crippen LogP contribution in [0.2, 0.25) is 0 Å². The monoisotopic (exact) mass is 779 g/mol. The van der Waals surface area contributed by atoms with E-state index in [-0.39, 0.29) is 22.7 Å². The number of esters is 1. The SMILES string of the molecule is CC(=O)OC[C@H]1O[C@@H](O[C@H]2[C@H](O)[C@@H](O)[C@H](O[C@H]3CC[C@@]4(C)C(=CC[C@H]5[C@@H]6C[C@@H]7O[C@]8(CC[C@@H](C)CN8)[C@@H](C)[C@@H]7[C@@]6(C)CC[C@@H]54)C3)O[C@@H]2CO)[C@H](O)[C@@H](O)[C@@H]1O. The third-order valence-corrected chi connectivity index (χ3v) is 16.1. The highest BCUT2D eigenvalue weighted by molar-refractivity contribution is 5.65. The first-order chi connectivity index (χ1) is 26.1. The summed E-state index contributed by atoms with van der Waals surface area (Å²) in [4.78, 5) is 11.3. The lowest BCUT2D eigenvalue weighted by atomic mass is 9.47. The van der Waals surface area contributed by atoms with E-state index in [1.807, 2.05) is 0 Å². The molecule has 8 aliphatic rings. The minimum atomic E-state index is -1.75. The van der Waals surface area contributed by atoms with Crippen LogP contribution in [-0.2, 0) is 33.2 Å². The predicted molar refractivity (Wildman–Crippen MR) is 195 cm³/mol. The van der Waals surface area contributed by atoms with Crippen LogP contribution >= 0.6 is 0 Å². The van der Waals surface area contributed by atoms with E-state index in [0.29, 0.717) is 48.0 Å². The number of rotatable bonds is 7. The summed E-state index contributed by atoms with van der Waals surface area (Å²) in [6.07, 6.45) is -3.03. The van der Waals surface area contributed by atoms with Gasteiger partial charge >= 0.3 is 5.97 Å². The Labute approximate surface area is 324 Å². The van der Waals surface area contributed by atoms with Crippen molar-refractivity contribution in [2.45, 2.75) is 172 Å². The average molecular weight is 780 g/mol. The van der Waals surface area contributed by atoms with E-state index in [9.17, 15) is 35.4 Å². The van der Waals surface area contributed by atoms with E-state index in [0.717, 1.165) is 38.6 Å². The van der Waals surface area contributed by atoms with Crippen molar-refractivity contribution in [2.75, 3.05) is 19.8 Å². The lowest BCUT2D eigenvalue weighted by molar-refractivity contribution is -0.363. The molecule has 0 aromatic rings. The zero-order valence-corrected chi connectivity index (χ0v) is 33.0. The first-order valence-electron chi connectivity index (χ1n) is 21.0. The van der Waals surface area contributed by atoms with Crippen LogP contribution in [0.15, 0.2) is 11.6 Å². The van der Waals surface area contributed by atoms with Crippen molar-refractivity contribution < 1.29 is 63.9 Å². The van der Waals surface area contributed by atoms with Gasteiger partial charge in [0.05, 0.1) is 18.8 Å². The summed E-state index contributed by atoms with van der Waals surface area (Å²) in [6, 6.07) is 0.